The molecule has 100 valence electrons. The fourth-order valence-corrected chi connectivity index (χ4v) is 2.35. The Morgan fingerprint density at radius 3 is 2.89 bits per heavy atom. The highest BCUT2D eigenvalue weighted by atomic mass is 19.1. The fraction of sp³-hybridized carbons (Fsp3) is 0.400. The van der Waals surface area contributed by atoms with Gasteiger partial charge in [0.2, 0.25) is 0 Å². The predicted octanol–water partition coefficient (Wildman–Crippen LogP) is 2.78. The highest BCUT2D eigenvalue weighted by Gasteiger charge is 2.26. The zero-order valence-corrected chi connectivity index (χ0v) is 11.0. The zero-order valence-electron chi connectivity index (χ0n) is 11.0. The van der Waals surface area contributed by atoms with E-state index >= 15 is 0 Å². The smallest absolute Gasteiger partial charge is 0.128 e. The van der Waals surface area contributed by atoms with E-state index < -0.39 is 0 Å². The Hall–Kier alpha value is -1.68. The summed E-state index contributed by atoms with van der Waals surface area (Å²) < 4.78 is 15.7. The van der Waals surface area contributed by atoms with E-state index in [9.17, 15) is 4.39 Å². The van der Waals surface area contributed by atoms with E-state index in [1.807, 2.05) is 25.3 Å². The Morgan fingerprint density at radius 1 is 1.42 bits per heavy atom. The van der Waals surface area contributed by atoms with Crippen molar-refractivity contribution >= 4 is 0 Å². The molecule has 1 aliphatic carbocycles. The molecule has 1 fully saturated rings. The van der Waals surface area contributed by atoms with Gasteiger partial charge in [0, 0.05) is 23.7 Å². The monoisotopic (exact) mass is 259 g/mol. The van der Waals surface area contributed by atoms with Crippen molar-refractivity contribution in [3.05, 3.63) is 47.5 Å². The number of aromatic nitrogens is 2. The first-order chi connectivity index (χ1) is 9.15. The van der Waals surface area contributed by atoms with Crippen LogP contribution in [0.2, 0.25) is 0 Å². The third-order valence-electron chi connectivity index (χ3n) is 3.47. The second-order valence-corrected chi connectivity index (χ2v) is 5.38. The van der Waals surface area contributed by atoms with E-state index in [2.05, 4.69) is 5.10 Å². The van der Waals surface area contributed by atoms with Crippen LogP contribution >= 0.6 is 0 Å². The lowest BCUT2D eigenvalue weighted by Gasteiger charge is -2.12. The van der Waals surface area contributed by atoms with Crippen LogP contribution < -0.4 is 5.73 Å². The van der Waals surface area contributed by atoms with Crippen LogP contribution in [-0.4, -0.2) is 15.8 Å². The second-order valence-electron chi connectivity index (χ2n) is 5.38. The summed E-state index contributed by atoms with van der Waals surface area (Å²) in [4.78, 5) is 0. The van der Waals surface area contributed by atoms with E-state index in [4.69, 9.17) is 5.73 Å². The van der Waals surface area contributed by atoms with Crippen LogP contribution in [0.25, 0.3) is 5.69 Å². The number of rotatable bonds is 4. The third-order valence-corrected chi connectivity index (χ3v) is 3.47. The SMILES string of the molecule is CC(N)Cc1c(F)cccc1-n1ccc(C2CC2)n1. The normalized spacial score (nSPS) is 16.6. The number of nitrogens with zero attached hydrogens (tertiary/aromatic N) is 2. The molecule has 0 saturated heterocycles. The van der Waals surface area contributed by atoms with Crippen molar-refractivity contribution in [1.82, 2.24) is 9.78 Å². The van der Waals surface area contributed by atoms with Gasteiger partial charge in [0.15, 0.2) is 0 Å². The van der Waals surface area contributed by atoms with Crippen molar-refractivity contribution in [2.45, 2.75) is 38.1 Å². The van der Waals surface area contributed by atoms with Crippen LogP contribution in [0.3, 0.4) is 0 Å². The van der Waals surface area contributed by atoms with Crippen molar-refractivity contribution < 1.29 is 4.39 Å². The first-order valence-electron chi connectivity index (χ1n) is 6.74. The summed E-state index contributed by atoms with van der Waals surface area (Å²) in [5.74, 6) is 0.393. The van der Waals surface area contributed by atoms with Crippen LogP contribution in [0.5, 0.6) is 0 Å². The number of benzene rings is 1. The highest BCUT2D eigenvalue weighted by molar-refractivity contribution is 5.42. The molecule has 0 radical (unpaired) electrons. The molecular weight excluding hydrogens is 241 g/mol. The molecule has 3 rings (SSSR count). The maximum atomic E-state index is 14.0. The quantitative estimate of drug-likeness (QED) is 0.917. The van der Waals surface area contributed by atoms with E-state index in [-0.39, 0.29) is 11.9 Å². The summed E-state index contributed by atoms with van der Waals surface area (Å²) >= 11 is 0. The van der Waals surface area contributed by atoms with Crippen molar-refractivity contribution in [1.29, 1.82) is 0 Å². The Bertz CT molecular complexity index is 585. The van der Waals surface area contributed by atoms with Gasteiger partial charge in [-0.15, -0.1) is 0 Å². The van der Waals surface area contributed by atoms with Crippen LogP contribution in [0, 0.1) is 5.82 Å². The third kappa shape index (κ3) is 2.54. The molecule has 0 aliphatic heterocycles. The molecule has 1 heterocycles. The van der Waals surface area contributed by atoms with Gasteiger partial charge in [0.05, 0.1) is 11.4 Å². The molecule has 4 heteroatoms. The number of halogens is 1. The zero-order chi connectivity index (χ0) is 13.4. The van der Waals surface area contributed by atoms with Crippen LogP contribution in [0.4, 0.5) is 4.39 Å². The van der Waals surface area contributed by atoms with Gasteiger partial charge >= 0.3 is 0 Å². The van der Waals surface area contributed by atoms with E-state index in [1.165, 1.54) is 18.9 Å². The summed E-state index contributed by atoms with van der Waals surface area (Å²) in [6, 6.07) is 7.04. The highest BCUT2D eigenvalue weighted by Crippen LogP contribution is 2.39. The fourth-order valence-electron chi connectivity index (χ4n) is 2.35. The largest absolute Gasteiger partial charge is 0.328 e. The molecule has 1 atom stereocenters. The van der Waals surface area contributed by atoms with Gasteiger partial charge in [0.25, 0.3) is 0 Å². The lowest BCUT2D eigenvalue weighted by molar-refractivity contribution is 0.591. The molecule has 1 aromatic carbocycles. The molecule has 1 aromatic heterocycles. The first kappa shape index (κ1) is 12.4. The lowest BCUT2D eigenvalue weighted by atomic mass is 10.0. The molecule has 0 spiro atoms. The van der Waals surface area contributed by atoms with Gasteiger partial charge in [-0.25, -0.2) is 9.07 Å². The van der Waals surface area contributed by atoms with Gasteiger partial charge < -0.3 is 5.73 Å². The van der Waals surface area contributed by atoms with Gasteiger partial charge in [-0.3, -0.25) is 0 Å². The molecule has 1 saturated carbocycles. The minimum absolute atomic E-state index is 0.0749. The molecule has 1 aliphatic rings. The first-order valence-corrected chi connectivity index (χ1v) is 6.74. The average Bonchev–Trinajstić information content (AvgIpc) is 3.10. The van der Waals surface area contributed by atoms with E-state index in [1.54, 1.807) is 10.7 Å². The number of nitrogens with two attached hydrogens (primary N) is 1. The topological polar surface area (TPSA) is 43.8 Å². The maximum Gasteiger partial charge on any atom is 0.128 e. The van der Waals surface area contributed by atoms with Crippen LogP contribution in [0.15, 0.2) is 30.5 Å². The van der Waals surface area contributed by atoms with Crippen molar-refractivity contribution in [2.24, 2.45) is 5.73 Å². The molecule has 2 N–H and O–H groups in total. The molecular formula is C15H18FN3. The summed E-state index contributed by atoms with van der Waals surface area (Å²) in [7, 11) is 0. The number of hydrogen-bond acceptors (Lipinski definition) is 2. The summed E-state index contributed by atoms with van der Waals surface area (Å²) in [5.41, 5.74) is 8.35. The number of hydrogen-bond donors (Lipinski definition) is 1. The van der Waals surface area contributed by atoms with Crippen LogP contribution in [-0.2, 0) is 6.42 Å². The van der Waals surface area contributed by atoms with Crippen LogP contribution in [0.1, 0.15) is 36.9 Å². The molecule has 0 amide bonds. The van der Waals surface area contributed by atoms with Crippen molar-refractivity contribution in [3.63, 3.8) is 0 Å². The molecule has 3 nitrogen and oxygen atoms in total. The Balaban J connectivity index is 1.99. The predicted molar refractivity (Wildman–Crippen MR) is 72.9 cm³/mol. The minimum Gasteiger partial charge on any atom is -0.328 e. The maximum absolute atomic E-state index is 14.0. The van der Waals surface area contributed by atoms with Gasteiger partial charge in [-0.2, -0.15) is 5.10 Å². The Labute approximate surface area is 112 Å². The summed E-state index contributed by atoms with van der Waals surface area (Å²) in [5, 5.41) is 4.56. The summed E-state index contributed by atoms with van der Waals surface area (Å²) in [6.45, 7) is 1.88. The average molecular weight is 259 g/mol. The molecule has 1 unspecified atom stereocenters. The molecule has 0 bridgehead atoms. The van der Waals surface area contributed by atoms with Gasteiger partial charge in [-0.05, 0) is 44.4 Å². The minimum atomic E-state index is -0.210. The summed E-state index contributed by atoms with van der Waals surface area (Å²) in [6.07, 6.45) is 4.85. The van der Waals surface area contributed by atoms with Gasteiger partial charge in [0.1, 0.15) is 5.82 Å². The van der Waals surface area contributed by atoms with E-state index in [0.717, 1.165) is 11.4 Å². The Morgan fingerprint density at radius 2 is 2.21 bits per heavy atom. The lowest BCUT2D eigenvalue weighted by Crippen LogP contribution is -2.20. The standard InChI is InChI=1S/C15H18FN3/c1-10(17)9-12-13(16)3-2-4-15(12)19-8-7-14(18-19)11-5-6-11/h2-4,7-8,10-11H,5-6,9,17H2,1H3. The van der Waals surface area contributed by atoms with Crippen molar-refractivity contribution in [2.75, 3.05) is 0 Å². The molecule has 2 aromatic rings. The van der Waals surface area contributed by atoms with Crippen molar-refractivity contribution in [3.8, 4) is 5.69 Å². The second kappa shape index (κ2) is 4.78. The Kier molecular flexibility index (Phi) is 3.11. The molecule has 19 heavy (non-hydrogen) atoms. The van der Waals surface area contributed by atoms with E-state index in [0.29, 0.717) is 17.9 Å². The van der Waals surface area contributed by atoms with Gasteiger partial charge in [-0.1, -0.05) is 6.07 Å².